The molecule has 2 atom stereocenters. The summed E-state index contributed by atoms with van der Waals surface area (Å²) < 4.78 is 136. The Morgan fingerprint density at radius 2 is 1.40 bits per heavy atom. The van der Waals surface area contributed by atoms with Crippen LogP contribution < -0.4 is 5.32 Å². The third-order valence-electron chi connectivity index (χ3n) is 6.11. The van der Waals surface area contributed by atoms with Crippen LogP contribution in [0.1, 0.15) is 29.5 Å². The van der Waals surface area contributed by atoms with E-state index >= 15 is 0 Å². The van der Waals surface area contributed by atoms with E-state index in [1.807, 2.05) is 0 Å². The molecule has 192 valence electrons. The molecule has 0 saturated carbocycles. The molecule has 1 heterocycles. The van der Waals surface area contributed by atoms with Gasteiger partial charge in [-0.2, -0.15) is 39.5 Å². The molecule has 1 saturated heterocycles. The lowest BCUT2D eigenvalue weighted by Gasteiger charge is -2.37. The maximum atomic E-state index is 13.7. The lowest BCUT2D eigenvalue weighted by atomic mass is 9.71. The van der Waals surface area contributed by atoms with Gasteiger partial charge in [0.15, 0.2) is 0 Å². The Kier molecular flexibility index (Phi) is 6.64. The molecule has 1 aliphatic heterocycles. The number of ether oxygens (including phenoxy) is 1. The first kappa shape index (κ1) is 26.8. The molecule has 13 heteroatoms. The van der Waals surface area contributed by atoms with E-state index in [1.54, 1.807) is 6.92 Å². The van der Waals surface area contributed by atoms with E-state index in [9.17, 15) is 48.7 Å². The summed E-state index contributed by atoms with van der Waals surface area (Å²) in [6, 6.07) is 7.89. The molecular formula is C22H17F10NO2. The summed E-state index contributed by atoms with van der Waals surface area (Å²) in [4.78, 5) is 11.1. The molecule has 0 radical (unpaired) electrons. The van der Waals surface area contributed by atoms with Gasteiger partial charge in [0.05, 0.1) is 0 Å². The van der Waals surface area contributed by atoms with Crippen LogP contribution in [0.2, 0.25) is 0 Å². The van der Waals surface area contributed by atoms with Crippen LogP contribution in [-0.4, -0.2) is 37.6 Å². The van der Waals surface area contributed by atoms with Crippen molar-refractivity contribution in [3.8, 4) is 0 Å². The third kappa shape index (κ3) is 4.69. The highest BCUT2D eigenvalue weighted by Crippen LogP contribution is 2.54. The molecule has 35 heavy (non-hydrogen) atoms. The van der Waals surface area contributed by atoms with Crippen molar-refractivity contribution in [3.63, 3.8) is 0 Å². The first-order valence-corrected chi connectivity index (χ1v) is 9.94. The molecule has 0 spiro atoms. The number of halogens is 10. The Morgan fingerprint density at radius 3 is 1.86 bits per heavy atom. The molecule has 3 nitrogen and oxygen atoms in total. The van der Waals surface area contributed by atoms with Crippen molar-refractivity contribution in [2.24, 2.45) is 0 Å². The summed E-state index contributed by atoms with van der Waals surface area (Å²) in [7, 11) is 0. The number of rotatable bonds is 4. The maximum absolute atomic E-state index is 13.7. The lowest BCUT2D eigenvalue weighted by Crippen LogP contribution is -2.58. The average Bonchev–Trinajstić information content (AvgIpc) is 3.12. The first-order valence-electron chi connectivity index (χ1n) is 9.94. The molecule has 0 aromatic heterocycles. The van der Waals surface area contributed by atoms with Crippen molar-refractivity contribution in [2.75, 3.05) is 13.1 Å². The number of benzene rings is 2. The number of carbonyl (C=O) groups is 1. The van der Waals surface area contributed by atoms with Crippen LogP contribution in [0.3, 0.4) is 0 Å². The minimum atomic E-state index is -6.47. The fraction of sp³-hybridized carbons (Fsp3) is 0.409. The van der Waals surface area contributed by atoms with E-state index in [0.29, 0.717) is 24.2 Å². The Balaban J connectivity index is 2.07. The highest BCUT2D eigenvalue weighted by atomic mass is 19.4. The summed E-state index contributed by atoms with van der Waals surface area (Å²) in [5.74, 6) is -4.64. The minimum Gasteiger partial charge on any atom is -0.428 e. The Morgan fingerprint density at radius 1 is 0.886 bits per heavy atom. The van der Waals surface area contributed by atoms with Crippen LogP contribution in [0.5, 0.6) is 0 Å². The van der Waals surface area contributed by atoms with Crippen molar-refractivity contribution in [2.45, 2.75) is 42.4 Å². The summed E-state index contributed by atoms with van der Waals surface area (Å²) in [6.45, 7) is 2.38. The third-order valence-corrected chi connectivity index (χ3v) is 6.11. The standard InChI is InChI=1S/C22H17F10NO2/c1-18(13-6-8-15(23)9-7-13)11-33-10-16(18)12-2-4-14(5-3-12)19(21(27,28)29,22(30,31)32)35-17(34)20(24,25)26/h2-9,16,33H,10-11H2,1H3/t16-,18+/m0/s1. The van der Waals surface area contributed by atoms with Gasteiger partial charge >= 0.3 is 30.1 Å². The second-order valence-corrected chi connectivity index (χ2v) is 8.29. The zero-order valence-electron chi connectivity index (χ0n) is 17.7. The Labute approximate surface area is 192 Å². The van der Waals surface area contributed by atoms with Gasteiger partial charge in [0.2, 0.25) is 0 Å². The quantitative estimate of drug-likeness (QED) is 0.406. The van der Waals surface area contributed by atoms with Crippen molar-refractivity contribution < 1.29 is 53.4 Å². The van der Waals surface area contributed by atoms with Crippen LogP contribution in [0.15, 0.2) is 48.5 Å². The summed E-state index contributed by atoms with van der Waals surface area (Å²) in [5.41, 5.74) is -7.10. The van der Waals surface area contributed by atoms with E-state index < -0.39 is 52.8 Å². The number of alkyl halides is 9. The monoisotopic (exact) mass is 517 g/mol. The summed E-state index contributed by atoms with van der Waals surface area (Å²) in [6.07, 6.45) is -19.0. The zero-order chi connectivity index (χ0) is 26.4. The first-order chi connectivity index (χ1) is 15.9. The van der Waals surface area contributed by atoms with Gasteiger partial charge in [-0.3, -0.25) is 0 Å². The van der Waals surface area contributed by atoms with Gasteiger partial charge < -0.3 is 10.1 Å². The molecule has 0 bridgehead atoms. The summed E-state index contributed by atoms with van der Waals surface area (Å²) in [5, 5.41) is 3.06. The van der Waals surface area contributed by atoms with Gasteiger partial charge in [0, 0.05) is 30.0 Å². The number of carbonyl (C=O) groups excluding carboxylic acids is 1. The van der Waals surface area contributed by atoms with E-state index in [4.69, 9.17) is 0 Å². The van der Waals surface area contributed by atoms with E-state index in [-0.39, 0.29) is 12.1 Å². The lowest BCUT2D eigenvalue weighted by molar-refractivity contribution is -0.382. The van der Waals surface area contributed by atoms with Gasteiger partial charge in [0.1, 0.15) is 5.82 Å². The van der Waals surface area contributed by atoms with Crippen molar-refractivity contribution >= 4 is 5.97 Å². The molecule has 1 N–H and O–H groups in total. The molecule has 2 aromatic carbocycles. The topological polar surface area (TPSA) is 38.3 Å². The van der Waals surface area contributed by atoms with Crippen LogP contribution >= 0.6 is 0 Å². The van der Waals surface area contributed by atoms with Crippen molar-refractivity contribution in [1.82, 2.24) is 5.32 Å². The van der Waals surface area contributed by atoms with E-state index in [1.165, 1.54) is 24.3 Å². The molecule has 1 aliphatic rings. The van der Waals surface area contributed by atoms with Gasteiger partial charge in [0.25, 0.3) is 0 Å². The predicted molar refractivity (Wildman–Crippen MR) is 102 cm³/mol. The highest BCUT2D eigenvalue weighted by molar-refractivity contribution is 5.76. The van der Waals surface area contributed by atoms with Gasteiger partial charge in [-0.15, -0.1) is 0 Å². The predicted octanol–water partition coefficient (Wildman–Crippen LogP) is 5.90. The minimum absolute atomic E-state index is 0.264. The Hall–Kier alpha value is -2.83. The van der Waals surface area contributed by atoms with Crippen LogP contribution in [0.25, 0.3) is 0 Å². The fourth-order valence-electron chi connectivity index (χ4n) is 4.25. The highest BCUT2D eigenvalue weighted by Gasteiger charge is 2.76. The molecule has 0 aliphatic carbocycles. The Bertz CT molecular complexity index is 1040. The molecular weight excluding hydrogens is 500 g/mol. The summed E-state index contributed by atoms with van der Waals surface area (Å²) >= 11 is 0. The molecule has 0 amide bonds. The van der Waals surface area contributed by atoms with E-state index in [2.05, 4.69) is 10.1 Å². The molecule has 1 fully saturated rings. The smallest absolute Gasteiger partial charge is 0.428 e. The average molecular weight is 517 g/mol. The van der Waals surface area contributed by atoms with Gasteiger partial charge in [-0.25, -0.2) is 9.18 Å². The van der Waals surface area contributed by atoms with Crippen molar-refractivity contribution in [1.29, 1.82) is 0 Å². The van der Waals surface area contributed by atoms with E-state index in [0.717, 1.165) is 12.1 Å². The normalized spacial score (nSPS) is 21.7. The number of hydrogen-bond acceptors (Lipinski definition) is 3. The largest absolute Gasteiger partial charge is 0.490 e. The van der Waals surface area contributed by atoms with Gasteiger partial charge in [-0.05, 0) is 23.3 Å². The number of hydrogen-bond donors (Lipinski definition) is 1. The zero-order valence-corrected chi connectivity index (χ0v) is 17.7. The second kappa shape index (κ2) is 8.68. The second-order valence-electron chi connectivity index (χ2n) is 8.29. The maximum Gasteiger partial charge on any atom is 0.490 e. The van der Waals surface area contributed by atoms with Gasteiger partial charge in [-0.1, -0.05) is 43.3 Å². The number of nitrogens with one attached hydrogen (secondary N) is 1. The van der Waals surface area contributed by atoms with Crippen molar-refractivity contribution in [3.05, 3.63) is 71.0 Å². The fourth-order valence-corrected chi connectivity index (χ4v) is 4.25. The molecule has 3 rings (SSSR count). The van der Waals surface area contributed by atoms with Crippen LogP contribution in [0.4, 0.5) is 43.9 Å². The van der Waals surface area contributed by atoms with Crippen LogP contribution in [0, 0.1) is 5.82 Å². The SMILES string of the molecule is C[C@]1(c2ccc(F)cc2)CNC[C@H]1c1ccc(C(OC(=O)C(F)(F)F)(C(F)(F)F)C(F)(F)F)cc1. The molecule has 2 aromatic rings. The van der Waals surface area contributed by atoms with Crippen LogP contribution in [-0.2, 0) is 20.5 Å². The number of esters is 1. The molecule has 0 unspecified atom stereocenters.